The molecule has 4 amide bonds. The van der Waals surface area contributed by atoms with E-state index in [2.05, 4.69) is 41.2 Å². The molecule has 2 aromatic heterocycles. The van der Waals surface area contributed by atoms with Crippen LogP contribution in [0.25, 0.3) is 0 Å². The van der Waals surface area contributed by atoms with E-state index in [4.69, 9.17) is 9.47 Å². The summed E-state index contributed by atoms with van der Waals surface area (Å²) in [5.74, 6) is -4.09. The molecule has 0 bridgehead atoms. The van der Waals surface area contributed by atoms with E-state index in [1.807, 2.05) is 41.5 Å². The fourth-order valence-corrected chi connectivity index (χ4v) is 4.52. The normalized spacial score (nSPS) is 13.3. The molecule has 0 unspecified atom stereocenters. The number of H-pyrrole nitrogens is 2. The monoisotopic (exact) mass is 688 g/mol. The molecular formula is C33H52N8O8. The maximum absolute atomic E-state index is 13.0. The minimum atomic E-state index is -0.902. The molecule has 16 nitrogen and oxygen atoms in total. The van der Waals surface area contributed by atoms with Crippen LogP contribution in [-0.4, -0.2) is 93.9 Å². The molecule has 2 rings (SSSR count). The molecule has 6 N–H and O–H groups in total. The van der Waals surface area contributed by atoms with Gasteiger partial charge in [0, 0.05) is 13.1 Å². The van der Waals surface area contributed by atoms with Crippen molar-refractivity contribution in [3.8, 4) is 0 Å². The molecule has 0 aromatic carbocycles. The number of rotatable bonds is 22. The molecule has 0 aliphatic rings. The molecule has 0 aliphatic heterocycles. The van der Waals surface area contributed by atoms with Crippen molar-refractivity contribution < 1.29 is 38.2 Å². The molecule has 2 heterocycles. The molecule has 0 saturated heterocycles. The topological polar surface area (TPSA) is 226 Å². The first-order chi connectivity index (χ1) is 23.5. The predicted molar refractivity (Wildman–Crippen MR) is 180 cm³/mol. The lowest BCUT2D eigenvalue weighted by molar-refractivity contribution is -0.148. The number of imidazole rings is 2. The summed E-state index contributed by atoms with van der Waals surface area (Å²) < 4.78 is 10.6. The first-order valence-corrected chi connectivity index (χ1v) is 17.1. The van der Waals surface area contributed by atoms with E-state index in [0.717, 1.165) is 12.8 Å². The number of carbonyl (C=O) groups is 6. The van der Waals surface area contributed by atoms with Crippen LogP contribution in [0.15, 0.2) is 12.7 Å². The maximum Gasteiger partial charge on any atom is 0.328 e. The van der Waals surface area contributed by atoms with Crippen LogP contribution < -0.4 is 21.3 Å². The molecule has 272 valence electrons. The number of esters is 2. The third kappa shape index (κ3) is 12.3. The van der Waals surface area contributed by atoms with E-state index in [-0.39, 0.29) is 60.9 Å². The Morgan fingerprint density at radius 2 is 1.02 bits per heavy atom. The van der Waals surface area contributed by atoms with Crippen molar-refractivity contribution in [1.82, 2.24) is 41.2 Å². The first-order valence-electron chi connectivity index (χ1n) is 17.1. The van der Waals surface area contributed by atoms with Crippen LogP contribution in [0.5, 0.6) is 0 Å². The van der Waals surface area contributed by atoms with E-state index >= 15 is 0 Å². The number of hydrogen-bond donors (Lipinski definition) is 6. The summed E-state index contributed by atoms with van der Waals surface area (Å²) in [6.45, 7) is 12.1. The molecule has 4 atom stereocenters. The van der Waals surface area contributed by atoms with Crippen LogP contribution in [0.2, 0.25) is 0 Å². The second-order valence-electron chi connectivity index (χ2n) is 11.8. The SMILES string of the molecule is CCCCOC(=O)[C@@H](NC(=O)c1nc[nH]c1C(=O)NCCCNC(=O)c1[nH]cnc1C(=O)N[C@H](C(=O)OCCCC)[C@@H](C)CC)[C@@H](C)CC. The van der Waals surface area contributed by atoms with Crippen molar-refractivity contribution in [2.24, 2.45) is 11.8 Å². The van der Waals surface area contributed by atoms with Gasteiger partial charge in [0.05, 0.1) is 25.9 Å². The van der Waals surface area contributed by atoms with Gasteiger partial charge in [-0.1, -0.05) is 67.2 Å². The molecule has 0 spiro atoms. The zero-order chi connectivity index (χ0) is 36.3. The fraction of sp³-hybridized carbons (Fsp3) is 0.636. The van der Waals surface area contributed by atoms with Gasteiger partial charge in [-0.25, -0.2) is 19.6 Å². The Morgan fingerprint density at radius 1 is 0.633 bits per heavy atom. The summed E-state index contributed by atoms with van der Waals surface area (Å²) in [4.78, 5) is 90.4. The van der Waals surface area contributed by atoms with Crippen LogP contribution >= 0.6 is 0 Å². The predicted octanol–water partition coefficient (Wildman–Crippen LogP) is 2.66. The average Bonchev–Trinajstić information content (AvgIpc) is 3.79. The number of amides is 4. The number of aromatic nitrogens is 4. The summed E-state index contributed by atoms with van der Waals surface area (Å²) in [5.41, 5.74) is -0.505. The van der Waals surface area contributed by atoms with Crippen molar-refractivity contribution in [2.75, 3.05) is 26.3 Å². The Kier molecular flexibility index (Phi) is 17.5. The quantitative estimate of drug-likeness (QED) is 0.0783. The van der Waals surface area contributed by atoms with Gasteiger partial charge >= 0.3 is 11.9 Å². The zero-order valence-electron chi connectivity index (χ0n) is 29.4. The van der Waals surface area contributed by atoms with Gasteiger partial charge in [0.1, 0.15) is 23.5 Å². The first kappa shape index (κ1) is 40.4. The van der Waals surface area contributed by atoms with Crippen molar-refractivity contribution >= 4 is 35.6 Å². The number of nitrogens with zero attached hydrogens (tertiary/aromatic N) is 2. The maximum atomic E-state index is 13.0. The number of hydrogen-bond acceptors (Lipinski definition) is 10. The van der Waals surface area contributed by atoms with Crippen molar-refractivity contribution in [2.45, 2.75) is 98.6 Å². The van der Waals surface area contributed by atoms with Gasteiger partial charge in [-0.15, -0.1) is 0 Å². The van der Waals surface area contributed by atoms with Crippen LogP contribution in [0.3, 0.4) is 0 Å². The number of carbonyl (C=O) groups excluding carboxylic acids is 6. The number of nitrogens with one attached hydrogen (secondary N) is 6. The summed E-state index contributed by atoms with van der Waals surface area (Å²) in [6, 6.07) is -1.80. The molecular weight excluding hydrogens is 636 g/mol. The number of unbranched alkanes of at least 4 members (excludes halogenated alkanes) is 2. The van der Waals surface area contributed by atoms with E-state index in [1.165, 1.54) is 12.7 Å². The van der Waals surface area contributed by atoms with Gasteiger partial charge in [-0.3, -0.25) is 19.2 Å². The third-order valence-corrected chi connectivity index (χ3v) is 8.08. The second-order valence-corrected chi connectivity index (χ2v) is 11.8. The molecule has 49 heavy (non-hydrogen) atoms. The lowest BCUT2D eigenvalue weighted by Crippen LogP contribution is -2.46. The Balaban J connectivity index is 1.91. The van der Waals surface area contributed by atoms with Crippen LogP contribution in [0, 0.1) is 11.8 Å². The summed E-state index contributed by atoms with van der Waals surface area (Å²) in [5, 5.41) is 10.7. The van der Waals surface area contributed by atoms with E-state index in [9.17, 15) is 28.8 Å². The Morgan fingerprint density at radius 3 is 1.37 bits per heavy atom. The highest BCUT2D eigenvalue weighted by Gasteiger charge is 2.31. The van der Waals surface area contributed by atoms with Crippen LogP contribution in [0.4, 0.5) is 0 Å². The molecule has 0 aliphatic carbocycles. The van der Waals surface area contributed by atoms with Crippen LogP contribution in [0.1, 0.15) is 128 Å². The second kappa shape index (κ2) is 21.3. The summed E-state index contributed by atoms with van der Waals surface area (Å²) in [7, 11) is 0. The highest BCUT2D eigenvalue weighted by molar-refractivity contribution is 6.06. The van der Waals surface area contributed by atoms with Gasteiger partial charge in [0.25, 0.3) is 23.6 Å². The average molecular weight is 689 g/mol. The standard InChI is InChI=1S/C33H52N8O8/c1-7-11-16-48-32(46)22(20(5)9-3)40-30(44)26-24(36-18-38-26)28(42)34-14-13-15-35-29(43)25-27(39-19-37-25)31(45)41-23(21(6)10-4)33(47)49-17-12-8-2/h18-23H,7-17H2,1-6H3,(H,34,42)(H,35,43)(H,36,38)(H,37,39)(H,40,44)(H,41,45)/t20-,21-,22-,23-/m0/s1. The summed E-state index contributed by atoms with van der Waals surface area (Å²) in [6.07, 6.45) is 7.08. The van der Waals surface area contributed by atoms with Crippen LogP contribution in [-0.2, 0) is 19.1 Å². The minimum Gasteiger partial charge on any atom is -0.464 e. The molecule has 0 radical (unpaired) electrons. The van der Waals surface area contributed by atoms with Gasteiger partial charge < -0.3 is 40.7 Å². The molecule has 16 heteroatoms. The molecule has 2 aromatic rings. The minimum absolute atomic E-state index is 0.0816. The molecule has 0 fully saturated rings. The number of aromatic amines is 2. The van der Waals surface area contributed by atoms with Gasteiger partial charge in [-0.2, -0.15) is 0 Å². The van der Waals surface area contributed by atoms with Crippen molar-refractivity contribution in [1.29, 1.82) is 0 Å². The van der Waals surface area contributed by atoms with E-state index < -0.39 is 47.7 Å². The Hall–Kier alpha value is -4.76. The lowest BCUT2D eigenvalue weighted by Gasteiger charge is -2.22. The lowest BCUT2D eigenvalue weighted by atomic mass is 9.99. The Labute approximate surface area is 287 Å². The highest BCUT2D eigenvalue weighted by atomic mass is 16.5. The fourth-order valence-electron chi connectivity index (χ4n) is 4.52. The number of ether oxygens (including phenoxy) is 2. The van der Waals surface area contributed by atoms with Crippen molar-refractivity contribution in [3.63, 3.8) is 0 Å². The molecule has 0 saturated carbocycles. The van der Waals surface area contributed by atoms with E-state index in [0.29, 0.717) is 32.1 Å². The smallest absolute Gasteiger partial charge is 0.328 e. The van der Waals surface area contributed by atoms with Gasteiger partial charge in [-0.05, 0) is 31.1 Å². The van der Waals surface area contributed by atoms with E-state index in [1.54, 1.807) is 0 Å². The summed E-state index contributed by atoms with van der Waals surface area (Å²) >= 11 is 0. The van der Waals surface area contributed by atoms with Gasteiger partial charge in [0.2, 0.25) is 0 Å². The van der Waals surface area contributed by atoms with Crippen molar-refractivity contribution in [3.05, 3.63) is 35.4 Å². The third-order valence-electron chi connectivity index (χ3n) is 8.08. The zero-order valence-corrected chi connectivity index (χ0v) is 29.4. The van der Waals surface area contributed by atoms with Gasteiger partial charge in [0.15, 0.2) is 11.4 Å². The largest absolute Gasteiger partial charge is 0.464 e. The highest BCUT2D eigenvalue weighted by Crippen LogP contribution is 2.14. The Bertz CT molecular complexity index is 1290.